The molecule has 1 aromatic rings. The highest BCUT2D eigenvalue weighted by Gasteiger charge is 2.36. The van der Waals surface area contributed by atoms with Crippen molar-refractivity contribution < 1.29 is 13.9 Å². The third-order valence-electron chi connectivity index (χ3n) is 4.20. The minimum absolute atomic E-state index is 0.220. The number of benzene rings is 1. The largest absolute Gasteiger partial charge is 0.396 e. The standard InChI is InChI=1S/C16H23F2NO/c17-13-6-7-14(15(18)12-13)16(8-2-3-9-16)19-10-4-1-5-11-20/h6-7,12,19-20H,1-5,8-11H2. The molecular formula is C16H23F2NO. The molecule has 0 saturated heterocycles. The van der Waals surface area contributed by atoms with Crippen molar-refractivity contribution in [3.05, 3.63) is 35.4 Å². The molecule has 0 heterocycles. The van der Waals surface area contributed by atoms with Crippen molar-refractivity contribution in [3.8, 4) is 0 Å². The van der Waals surface area contributed by atoms with Gasteiger partial charge < -0.3 is 10.4 Å². The van der Waals surface area contributed by atoms with Gasteiger partial charge in [0, 0.05) is 23.8 Å². The van der Waals surface area contributed by atoms with Crippen LogP contribution >= 0.6 is 0 Å². The number of hydrogen-bond acceptors (Lipinski definition) is 2. The van der Waals surface area contributed by atoms with E-state index in [4.69, 9.17) is 5.11 Å². The Kier molecular flexibility index (Phi) is 5.49. The van der Waals surface area contributed by atoms with Gasteiger partial charge in [0.2, 0.25) is 0 Å². The summed E-state index contributed by atoms with van der Waals surface area (Å²) >= 11 is 0. The predicted octanol–water partition coefficient (Wildman–Crippen LogP) is 3.49. The van der Waals surface area contributed by atoms with E-state index >= 15 is 0 Å². The lowest BCUT2D eigenvalue weighted by Gasteiger charge is -2.31. The molecule has 20 heavy (non-hydrogen) atoms. The summed E-state index contributed by atoms with van der Waals surface area (Å²) in [5, 5.41) is 12.2. The van der Waals surface area contributed by atoms with Crippen LogP contribution in [0.15, 0.2) is 18.2 Å². The summed E-state index contributed by atoms with van der Waals surface area (Å²) in [6, 6.07) is 3.89. The third-order valence-corrected chi connectivity index (χ3v) is 4.20. The van der Waals surface area contributed by atoms with E-state index in [1.54, 1.807) is 6.07 Å². The molecule has 0 spiro atoms. The fraction of sp³-hybridized carbons (Fsp3) is 0.625. The van der Waals surface area contributed by atoms with Crippen LogP contribution in [0.1, 0.15) is 50.5 Å². The van der Waals surface area contributed by atoms with Gasteiger partial charge in [-0.3, -0.25) is 0 Å². The topological polar surface area (TPSA) is 32.3 Å². The van der Waals surface area contributed by atoms with E-state index in [0.717, 1.165) is 57.6 Å². The quantitative estimate of drug-likeness (QED) is 0.751. The molecule has 0 amide bonds. The predicted molar refractivity (Wildman–Crippen MR) is 75.4 cm³/mol. The van der Waals surface area contributed by atoms with Gasteiger partial charge in [-0.1, -0.05) is 18.9 Å². The van der Waals surface area contributed by atoms with E-state index in [0.29, 0.717) is 5.56 Å². The lowest BCUT2D eigenvalue weighted by atomic mass is 9.87. The normalized spacial score (nSPS) is 17.6. The van der Waals surface area contributed by atoms with Gasteiger partial charge in [0.05, 0.1) is 0 Å². The van der Waals surface area contributed by atoms with Gasteiger partial charge >= 0.3 is 0 Å². The van der Waals surface area contributed by atoms with E-state index < -0.39 is 11.6 Å². The zero-order valence-electron chi connectivity index (χ0n) is 11.8. The molecular weight excluding hydrogens is 260 g/mol. The van der Waals surface area contributed by atoms with Gasteiger partial charge in [-0.05, 0) is 44.7 Å². The second-order valence-corrected chi connectivity index (χ2v) is 5.62. The van der Waals surface area contributed by atoms with Gasteiger partial charge in [-0.2, -0.15) is 0 Å². The first kappa shape index (κ1) is 15.4. The highest BCUT2D eigenvalue weighted by Crippen LogP contribution is 2.40. The molecule has 0 atom stereocenters. The van der Waals surface area contributed by atoms with Crippen LogP contribution in [0.4, 0.5) is 8.78 Å². The van der Waals surface area contributed by atoms with Crippen molar-refractivity contribution in [2.45, 2.75) is 50.5 Å². The number of halogens is 2. The van der Waals surface area contributed by atoms with Crippen LogP contribution in [0.2, 0.25) is 0 Å². The molecule has 0 unspecified atom stereocenters. The highest BCUT2D eigenvalue weighted by atomic mass is 19.1. The summed E-state index contributed by atoms with van der Waals surface area (Å²) in [4.78, 5) is 0. The Labute approximate surface area is 119 Å². The monoisotopic (exact) mass is 283 g/mol. The Balaban J connectivity index is 2.05. The van der Waals surface area contributed by atoms with Crippen LogP contribution in [0.5, 0.6) is 0 Å². The Bertz CT molecular complexity index is 430. The van der Waals surface area contributed by atoms with E-state index in [1.165, 1.54) is 6.07 Å². The second kappa shape index (κ2) is 7.14. The van der Waals surface area contributed by atoms with Crippen molar-refractivity contribution in [1.29, 1.82) is 0 Å². The highest BCUT2D eigenvalue weighted by molar-refractivity contribution is 5.28. The van der Waals surface area contributed by atoms with Crippen LogP contribution in [0.3, 0.4) is 0 Å². The molecule has 1 aliphatic carbocycles. The second-order valence-electron chi connectivity index (χ2n) is 5.62. The van der Waals surface area contributed by atoms with Crippen LogP contribution in [0, 0.1) is 11.6 Å². The van der Waals surface area contributed by atoms with Crippen LogP contribution < -0.4 is 5.32 Å². The van der Waals surface area contributed by atoms with Crippen LogP contribution in [-0.2, 0) is 5.54 Å². The molecule has 0 radical (unpaired) electrons. The average Bonchev–Trinajstić information content (AvgIpc) is 2.88. The maximum Gasteiger partial charge on any atom is 0.131 e. The molecule has 112 valence electrons. The zero-order chi connectivity index (χ0) is 14.4. The smallest absolute Gasteiger partial charge is 0.131 e. The minimum Gasteiger partial charge on any atom is -0.396 e. The molecule has 2 N–H and O–H groups in total. The Hall–Kier alpha value is -1.00. The summed E-state index contributed by atoms with van der Waals surface area (Å²) in [6.07, 6.45) is 6.67. The summed E-state index contributed by atoms with van der Waals surface area (Å²) in [5.41, 5.74) is 0.260. The summed E-state index contributed by atoms with van der Waals surface area (Å²) in [6.45, 7) is 1.02. The molecule has 0 aliphatic heterocycles. The first-order chi connectivity index (χ1) is 9.68. The van der Waals surface area contributed by atoms with E-state index in [1.807, 2.05) is 0 Å². The molecule has 1 fully saturated rings. The number of rotatable bonds is 7. The summed E-state index contributed by atoms with van der Waals surface area (Å²) < 4.78 is 27.1. The maximum atomic E-state index is 14.1. The summed E-state index contributed by atoms with van der Waals surface area (Å²) in [5.74, 6) is -0.975. The van der Waals surface area contributed by atoms with Gasteiger partial charge in [0.1, 0.15) is 11.6 Å². The molecule has 1 aromatic carbocycles. The average molecular weight is 283 g/mol. The zero-order valence-corrected chi connectivity index (χ0v) is 11.8. The Morgan fingerprint density at radius 1 is 1.10 bits per heavy atom. The molecule has 1 saturated carbocycles. The fourth-order valence-electron chi connectivity index (χ4n) is 3.14. The van der Waals surface area contributed by atoms with Crippen molar-refractivity contribution in [2.24, 2.45) is 0 Å². The van der Waals surface area contributed by atoms with Crippen molar-refractivity contribution >= 4 is 0 Å². The third kappa shape index (κ3) is 3.55. The van der Waals surface area contributed by atoms with Gasteiger partial charge in [-0.15, -0.1) is 0 Å². The number of unbranched alkanes of at least 4 members (excludes halogenated alkanes) is 2. The SMILES string of the molecule is OCCCCCNC1(c2ccc(F)cc2F)CCCC1. The number of hydrogen-bond donors (Lipinski definition) is 2. The Morgan fingerprint density at radius 2 is 1.85 bits per heavy atom. The van der Waals surface area contributed by atoms with Gasteiger partial charge in [-0.25, -0.2) is 8.78 Å². The van der Waals surface area contributed by atoms with E-state index in [-0.39, 0.29) is 12.1 Å². The van der Waals surface area contributed by atoms with Crippen molar-refractivity contribution in [1.82, 2.24) is 5.32 Å². The summed E-state index contributed by atoms with van der Waals surface area (Å²) in [7, 11) is 0. The first-order valence-corrected chi connectivity index (χ1v) is 7.49. The van der Waals surface area contributed by atoms with Crippen LogP contribution in [-0.4, -0.2) is 18.3 Å². The molecule has 4 heteroatoms. The lowest BCUT2D eigenvalue weighted by molar-refractivity contribution is 0.278. The molecule has 2 rings (SSSR count). The van der Waals surface area contributed by atoms with E-state index in [2.05, 4.69) is 5.32 Å². The molecule has 1 aliphatic rings. The molecule has 2 nitrogen and oxygen atoms in total. The first-order valence-electron chi connectivity index (χ1n) is 7.49. The fourth-order valence-corrected chi connectivity index (χ4v) is 3.14. The molecule has 0 bridgehead atoms. The molecule has 0 aromatic heterocycles. The number of aliphatic hydroxyl groups is 1. The van der Waals surface area contributed by atoms with Crippen molar-refractivity contribution in [2.75, 3.05) is 13.2 Å². The van der Waals surface area contributed by atoms with Gasteiger partial charge in [0.15, 0.2) is 0 Å². The minimum atomic E-state index is -0.526. The number of nitrogens with one attached hydrogen (secondary N) is 1. The Morgan fingerprint density at radius 3 is 2.50 bits per heavy atom. The van der Waals surface area contributed by atoms with Crippen molar-refractivity contribution in [3.63, 3.8) is 0 Å². The van der Waals surface area contributed by atoms with E-state index in [9.17, 15) is 8.78 Å². The maximum absolute atomic E-state index is 14.1. The lowest BCUT2D eigenvalue weighted by Crippen LogP contribution is -2.41. The van der Waals surface area contributed by atoms with Crippen LogP contribution in [0.25, 0.3) is 0 Å². The number of aliphatic hydroxyl groups excluding tert-OH is 1. The van der Waals surface area contributed by atoms with Gasteiger partial charge in [0.25, 0.3) is 0 Å².